The molecule has 0 atom stereocenters. The molecule has 2 N–H and O–H groups in total. The van der Waals surface area contributed by atoms with E-state index in [1.165, 1.54) is 24.4 Å². The minimum Gasteiger partial charge on any atom is -0.444 e. The number of nitrogens with two attached hydrogens (primary N) is 1. The largest absolute Gasteiger partial charge is 0.449 e. The van der Waals surface area contributed by atoms with Gasteiger partial charge >= 0.3 is 6.18 Å². The maximum atomic E-state index is 13.1. The summed E-state index contributed by atoms with van der Waals surface area (Å²) >= 11 is 0. The molecule has 21 heavy (non-hydrogen) atoms. The summed E-state index contributed by atoms with van der Waals surface area (Å²) in [5.41, 5.74) is 6.45. The predicted octanol–water partition coefficient (Wildman–Crippen LogP) is 2.98. The normalized spacial score (nSPS) is 12.2. The van der Waals surface area contributed by atoms with Crippen LogP contribution < -0.4 is 5.73 Å². The summed E-state index contributed by atoms with van der Waals surface area (Å²) < 4.78 is 45.7. The molecule has 0 amide bonds. The Bertz CT molecular complexity index is 803. The van der Waals surface area contributed by atoms with E-state index >= 15 is 0 Å². The van der Waals surface area contributed by atoms with Crippen LogP contribution in [0.25, 0.3) is 11.0 Å². The van der Waals surface area contributed by atoms with Crippen LogP contribution in [0.3, 0.4) is 0 Å². The molecular formula is C13H11F3N4O. The first-order valence-electron chi connectivity index (χ1n) is 6.09. The van der Waals surface area contributed by atoms with E-state index in [-0.39, 0.29) is 18.0 Å². The van der Waals surface area contributed by atoms with Crippen LogP contribution in [0, 0.1) is 6.92 Å². The van der Waals surface area contributed by atoms with E-state index in [0.29, 0.717) is 17.0 Å². The highest BCUT2D eigenvalue weighted by atomic mass is 19.4. The van der Waals surface area contributed by atoms with Gasteiger partial charge in [0.1, 0.15) is 12.3 Å². The number of rotatable bonds is 2. The lowest BCUT2D eigenvalue weighted by Gasteiger charge is -2.09. The van der Waals surface area contributed by atoms with Gasteiger partial charge in [-0.05, 0) is 25.1 Å². The number of anilines is 1. The Morgan fingerprint density at radius 1 is 1.33 bits per heavy atom. The van der Waals surface area contributed by atoms with E-state index in [1.54, 1.807) is 6.92 Å². The quantitative estimate of drug-likeness (QED) is 0.738. The molecule has 5 nitrogen and oxygen atoms in total. The van der Waals surface area contributed by atoms with Gasteiger partial charge < -0.3 is 14.7 Å². The molecule has 110 valence electrons. The third-order valence-corrected chi connectivity index (χ3v) is 2.99. The van der Waals surface area contributed by atoms with Gasteiger partial charge in [-0.15, -0.1) is 0 Å². The van der Waals surface area contributed by atoms with Gasteiger partial charge in [0.15, 0.2) is 0 Å². The number of fused-ring (bicyclic) bond motifs is 1. The smallest absolute Gasteiger partial charge is 0.444 e. The van der Waals surface area contributed by atoms with Crippen molar-refractivity contribution in [2.45, 2.75) is 19.6 Å². The highest BCUT2D eigenvalue weighted by Gasteiger charge is 2.37. The van der Waals surface area contributed by atoms with Gasteiger partial charge in [-0.1, -0.05) is 0 Å². The molecule has 1 aromatic carbocycles. The Hall–Kier alpha value is -2.51. The zero-order chi connectivity index (χ0) is 15.2. The molecule has 0 saturated heterocycles. The third-order valence-electron chi connectivity index (χ3n) is 2.99. The number of nitrogens with zero attached hydrogens (tertiary/aromatic N) is 3. The van der Waals surface area contributed by atoms with Gasteiger partial charge in [0.25, 0.3) is 0 Å². The lowest BCUT2D eigenvalue weighted by atomic mass is 10.3. The molecule has 3 rings (SSSR count). The SMILES string of the molecule is Cc1cnc(Cn2c(C(F)(F)F)nc3cc(N)ccc32)o1. The van der Waals surface area contributed by atoms with Crippen molar-refractivity contribution in [3.63, 3.8) is 0 Å². The summed E-state index contributed by atoms with van der Waals surface area (Å²) in [4.78, 5) is 7.57. The molecule has 0 aliphatic rings. The first kappa shape index (κ1) is 13.5. The average Bonchev–Trinajstić information content (AvgIpc) is 2.93. The van der Waals surface area contributed by atoms with Crippen molar-refractivity contribution in [3.8, 4) is 0 Å². The Balaban J connectivity index is 2.17. The standard InChI is InChI=1S/C13H11F3N4O/c1-7-5-18-11(21-7)6-20-10-3-2-8(17)4-9(10)19-12(20)13(14,15)16/h2-5H,6,17H2,1H3. The first-order chi connectivity index (χ1) is 9.84. The molecule has 0 fully saturated rings. The van der Waals surface area contributed by atoms with Crippen molar-refractivity contribution in [1.82, 2.24) is 14.5 Å². The second-order valence-corrected chi connectivity index (χ2v) is 4.63. The van der Waals surface area contributed by atoms with Crippen molar-refractivity contribution >= 4 is 16.7 Å². The molecule has 0 spiro atoms. The Labute approximate surface area is 117 Å². The average molecular weight is 296 g/mol. The minimum absolute atomic E-state index is 0.150. The van der Waals surface area contributed by atoms with Crippen LogP contribution in [0.5, 0.6) is 0 Å². The van der Waals surface area contributed by atoms with Crippen LogP contribution >= 0.6 is 0 Å². The molecule has 2 heterocycles. The van der Waals surface area contributed by atoms with Gasteiger partial charge in [-0.25, -0.2) is 9.97 Å². The number of alkyl halides is 3. The molecule has 8 heteroatoms. The fourth-order valence-corrected chi connectivity index (χ4v) is 2.13. The van der Waals surface area contributed by atoms with Crippen molar-refractivity contribution in [2.24, 2.45) is 0 Å². The van der Waals surface area contributed by atoms with Gasteiger partial charge in [0.05, 0.1) is 17.2 Å². The molecule has 0 saturated carbocycles. The van der Waals surface area contributed by atoms with Crippen LogP contribution in [0.4, 0.5) is 18.9 Å². The molecule has 0 aliphatic heterocycles. The van der Waals surface area contributed by atoms with Crippen molar-refractivity contribution in [2.75, 3.05) is 5.73 Å². The van der Waals surface area contributed by atoms with E-state index in [0.717, 1.165) is 4.57 Å². The number of halogens is 3. The molecule has 0 aliphatic carbocycles. The number of nitrogen functional groups attached to an aromatic ring is 1. The third kappa shape index (κ3) is 2.44. The summed E-state index contributed by atoms with van der Waals surface area (Å²) in [7, 11) is 0. The zero-order valence-corrected chi connectivity index (χ0v) is 11.0. The summed E-state index contributed by atoms with van der Waals surface area (Å²) in [5.74, 6) is -0.277. The van der Waals surface area contributed by atoms with Gasteiger partial charge in [0.2, 0.25) is 11.7 Å². The van der Waals surface area contributed by atoms with Crippen LogP contribution in [0.1, 0.15) is 17.5 Å². The number of benzene rings is 1. The number of imidazole rings is 1. The maximum Gasteiger partial charge on any atom is 0.449 e. The Kier molecular flexibility index (Phi) is 2.89. The first-order valence-corrected chi connectivity index (χ1v) is 6.09. The van der Waals surface area contributed by atoms with E-state index in [1.807, 2.05) is 0 Å². The highest BCUT2D eigenvalue weighted by Crippen LogP contribution is 2.32. The van der Waals surface area contributed by atoms with E-state index < -0.39 is 12.0 Å². The summed E-state index contributed by atoms with van der Waals surface area (Å²) in [6.07, 6.45) is -3.12. The van der Waals surface area contributed by atoms with Gasteiger partial charge in [-0.2, -0.15) is 13.2 Å². The van der Waals surface area contributed by atoms with Crippen LogP contribution in [0.15, 0.2) is 28.8 Å². The van der Waals surface area contributed by atoms with Crippen molar-refractivity contribution in [3.05, 3.63) is 41.9 Å². The van der Waals surface area contributed by atoms with E-state index in [2.05, 4.69) is 9.97 Å². The number of aryl methyl sites for hydroxylation is 1. The summed E-state index contributed by atoms with van der Waals surface area (Å²) in [6, 6.07) is 4.44. The highest BCUT2D eigenvalue weighted by molar-refractivity contribution is 5.79. The molecule has 2 aromatic heterocycles. The van der Waals surface area contributed by atoms with E-state index in [4.69, 9.17) is 10.2 Å². The molecule has 0 bridgehead atoms. The fourth-order valence-electron chi connectivity index (χ4n) is 2.13. The second kappa shape index (κ2) is 4.51. The lowest BCUT2D eigenvalue weighted by Crippen LogP contribution is -2.15. The van der Waals surface area contributed by atoms with Gasteiger partial charge in [0, 0.05) is 5.69 Å². The molecule has 3 aromatic rings. The number of oxazole rings is 1. The van der Waals surface area contributed by atoms with Crippen LogP contribution in [-0.2, 0) is 12.7 Å². The van der Waals surface area contributed by atoms with Gasteiger partial charge in [-0.3, -0.25) is 0 Å². The van der Waals surface area contributed by atoms with Crippen molar-refractivity contribution < 1.29 is 17.6 Å². The molecular weight excluding hydrogens is 285 g/mol. The summed E-state index contributed by atoms with van der Waals surface area (Å²) in [5, 5.41) is 0. The molecule has 0 radical (unpaired) electrons. The Morgan fingerprint density at radius 2 is 2.10 bits per heavy atom. The van der Waals surface area contributed by atoms with Crippen LogP contribution in [0.2, 0.25) is 0 Å². The maximum absolute atomic E-state index is 13.1. The topological polar surface area (TPSA) is 69.9 Å². The van der Waals surface area contributed by atoms with E-state index in [9.17, 15) is 13.2 Å². The number of aromatic nitrogens is 3. The monoisotopic (exact) mass is 296 g/mol. The lowest BCUT2D eigenvalue weighted by molar-refractivity contribution is -0.146. The van der Waals surface area contributed by atoms with Crippen LogP contribution in [-0.4, -0.2) is 14.5 Å². The zero-order valence-electron chi connectivity index (χ0n) is 11.0. The minimum atomic E-state index is -4.57. The number of hydrogen-bond donors (Lipinski definition) is 1. The number of hydrogen-bond acceptors (Lipinski definition) is 4. The fraction of sp³-hybridized carbons (Fsp3) is 0.231. The van der Waals surface area contributed by atoms with Crippen molar-refractivity contribution in [1.29, 1.82) is 0 Å². The Morgan fingerprint density at radius 3 is 2.71 bits per heavy atom. The molecule has 0 unspecified atom stereocenters. The second-order valence-electron chi connectivity index (χ2n) is 4.63. The summed E-state index contributed by atoms with van der Waals surface area (Å²) in [6.45, 7) is 1.52. The predicted molar refractivity (Wildman–Crippen MR) is 69.5 cm³/mol.